The van der Waals surface area contributed by atoms with E-state index in [1.54, 1.807) is 18.2 Å². The van der Waals surface area contributed by atoms with Crippen LogP contribution in [0.1, 0.15) is 73.4 Å². The Labute approximate surface area is 236 Å². The van der Waals surface area contributed by atoms with Crippen molar-refractivity contribution in [1.29, 1.82) is 0 Å². The fraction of sp³-hybridized carbons (Fsp3) is 0.567. The van der Waals surface area contributed by atoms with E-state index in [1.165, 1.54) is 5.56 Å². The number of sulfonamides is 1. The standard InChI is InChI=1S/C30H39ClN2O5S/c1-20-5-4-7-28(34)26-12-9-23(26)17-33-14-3-2-6-21-15-25(31)11-8-24(21)18-38-29-13-10-22(16-27(29)33)30(35)32-39(36,37)19-20/h8,10-11,13,15-16,20,23,26,28,34H,2-7,9,12,14,17-19H2,1H3,(H,32,35)/t20-,23-,26-,28-/m0/s1. The lowest BCUT2D eigenvalue weighted by atomic mass is 9.69. The van der Waals surface area contributed by atoms with Gasteiger partial charge in [-0.15, -0.1) is 0 Å². The second kappa shape index (κ2) is 12.1. The van der Waals surface area contributed by atoms with Crippen molar-refractivity contribution in [2.24, 2.45) is 17.8 Å². The number of benzene rings is 2. The maximum atomic E-state index is 13.1. The molecule has 0 saturated heterocycles. The van der Waals surface area contributed by atoms with Gasteiger partial charge < -0.3 is 14.7 Å². The number of ether oxygens (including phenoxy) is 1. The van der Waals surface area contributed by atoms with Gasteiger partial charge in [0.2, 0.25) is 10.0 Å². The third kappa shape index (κ3) is 6.90. The minimum absolute atomic E-state index is 0.110. The molecule has 0 radical (unpaired) electrons. The van der Waals surface area contributed by atoms with Crippen LogP contribution in [0.4, 0.5) is 5.69 Å². The highest BCUT2D eigenvalue weighted by molar-refractivity contribution is 7.90. The molecule has 2 aromatic carbocycles. The number of nitrogens with one attached hydrogen (secondary N) is 1. The van der Waals surface area contributed by atoms with Crippen LogP contribution < -0.4 is 14.4 Å². The van der Waals surface area contributed by atoms with E-state index < -0.39 is 15.9 Å². The Balaban J connectivity index is 1.51. The maximum absolute atomic E-state index is 13.1. The molecule has 1 aliphatic carbocycles. The second-order valence-corrected chi connectivity index (χ2v) is 13.8. The molecule has 2 aliphatic heterocycles. The van der Waals surface area contributed by atoms with Gasteiger partial charge in [0.05, 0.1) is 17.5 Å². The number of aliphatic hydroxyl groups is 1. The van der Waals surface area contributed by atoms with E-state index in [-0.39, 0.29) is 29.3 Å². The van der Waals surface area contributed by atoms with Gasteiger partial charge in [-0.3, -0.25) is 4.79 Å². The summed E-state index contributed by atoms with van der Waals surface area (Å²) in [5.74, 6) is 0.396. The normalized spacial score (nSPS) is 28.0. The van der Waals surface area contributed by atoms with Gasteiger partial charge in [-0.2, -0.15) is 0 Å². The summed E-state index contributed by atoms with van der Waals surface area (Å²) in [6.45, 7) is 3.78. The number of aryl methyl sites for hydroxylation is 1. The molecule has 3 aliphatic rings. The number of nitrogens with zero attached hydrogens (tertiary/aromatic N) is 1. The molecule has 5 rings (SSSR count). The first kappa shape index (κ1) is 28.2. The lowest BCUT2D eigenvalue weighted by molar-refractivity contribution is 0.00898. The van der Waals surface area contributed by atoms with Crippen molar-refractivity contribution in [2.45, 2.75) is 71.0 Å². The van der Waals surface area contributed by atoms with E-state index in [0.717, 1.165) is 62.9 Å². The Bertz CT molecular complexity index is 1300. The molecule has 1 amide bonds. The molecular weight excluding hydrogens is 536 g/mol. The van der Waals surface area contributed by atoms with Gasteiger partial charge in [0, 0.05) is 23.7 Å². The summed E-state index contributed by atoms with van der Waals surface area (Å²) in [5.41, 5.74) is 3.34. The molecule has 9 heteroatoms. The molecule has 2 N–H and O–H groups in total. The SMILES string of the molecule is C[C@H]1CCC[C@H](O)[C@H]2CC[C@H]2CN2CCCCc3cc(Cl)ccc3COc3ccc(cc32)C(=O)NS(=O)(=O)C1. The number of rotatable bonds is 0. The fourth-order valence-corrected chi connectivity index (χ4v) is 7.87. The molecule has 2 bridgehead atoms. The van der Waals surface area contributed by atoms with Crippen LogP contribution >= 0.6 is 11.6 Å². The summed E-state index contributed by atoms with van der Waals surface area (Å²) in [4.78, 5) is 15.4. The molecule has 1 saturated carbocycles. The van der Waals surface area contributed by atoms with Gasteiger partial charge in [-0.05, 0) is 104 Å². The van der Waals surface area contributed by atoms with Crippen molar-refractivity contribution in [2.75, 3.05) is 23.7 Å². The average Bonchev–Trinajstić information content (AvgIpc) is 2.88. The third-order valence-electron chi connectivity index (χ3n) is 8.61. The van der Waals surface area contributed by atoms with Crippen molar-refractivity contribution < 1.29 is 23.1 Å². The monoisotopic (exact) mass is 574 g/mol. The number of hydrogen-bond donors (Lipinski definition) is 2. The molecule has 39 heavy (non-hydrogen) atoms. The molecule has 7 nitrogen and oxygen atoms in total. The Morgan fingerprint density at radius 1 is 1.03 bits per heavy atom. The van der Waals surface area contributed by atoms with Crippen LogP contribution in [-0.2, 0) is 23.1 Å². The quantitative estimate of drug-likeness (QED) is 0.442. The van der Waals surface area contributed by atoms with Crippen molar-refractivity contribution in [1.82, 2.24) is 4.72 Å². The van der Waals surface area contributed by atoms with E-state index >= 15 is 0 Å². The third-order valence-corrected chi connectivity index (χ3v) is 10.4. The van der Waals surface area contributed by atoms with E-state index in [4.69, 9.17) is 16.3 Å². The first-order valence-corrected chi connectivity index (χ1v) is 16.2. The van der Waals surface area contributed by atoms with Crippen LogP contribution in [0.5, 0.6) is 5.75 Å². The van der Waals surface area contributed by atoms with Crippen LogP contribution in [0.25, 0.3) is 0 Å². The molecule has 2 aromatic rings. The summed E-state index contributed by atoms with van der Waals surface area (Å²) in [5, 5.41) is 11.7. The number of carbonyl (C=O) groups excluding carboxylic acids is 1. The minimum atomic E-state index is -3.80. The highest BCUT2D eigenvalue weighted by atomic mass is 35.5. The Morgan fingerprint density at radius 3 is 2.67 bits per heavy atom. The van der Waals surface area contributed by atoms with Gasteiger partial charge in [-0.1, -0.05) is 31.0 Å². The van der Waals surface area contributed by atoms with Gasteiger partial charge in [-0.25, -0.2) is 13.1 Å². The number of amides is 1. The molecule has 0 unspecified atom stereocenters. The lowest BCUT2D eigenvalue weighted by Gasteiger charge is -2.43. The highest BCUT2D eigenvalue weighted by Crippen LogP contribution is 2.41. The molecule has 212 valence electrons. The summed E-state index contributed by atoms with van der Waals surface area (Å²) in [7, 11) is -3.80. The van der Waals surface area contributed by atoms with E-state index in [9.17, 15) is 18.3 Å². The number of anilines is 1. The molecule has 0 aromatic heterocycles. The van der Waals surface area contributed by atoms with Crippen LogP contribution in [-0.4, -0.2) is 44.4 Å². The molecule has 0 spiro atoms. The minimum Gasteiger partial charge on any atom is -0.487 e. The van der Waals surface area contributed by atoms with Gasteiger partial charge >= 0.3 is 0 Å². The van der Waals surface area contributed by atoms with E-state index in [2.05, 4.69) is 9.62 Å². The summed E-state index contributed by atoms with van der Waals surface area (Å²) in [6, 6.07) is 11.1. The van der Waals surface area contributed by atoms with Crippen molar-refractivity contribution in [3.05, 3.63) is 58.1 Å². The largest absolute Gasteiger partial charge is 0.487 e. The van der Waals surface area contributed by atoms with Crippen molar-refractivity contribution >= 4 is 33.2 Å². The van der Waals surface area contributed by atoms with E-state index in [0.29, 0.717) is 36.1 Å². The molecule has 4 atom stereocenters. The lowest BCUT2D eigenvalue weighted by Crippen LogP contribution is -2.44. The van der Waals surface area contributed by atoms with Crippen LogP contribution in [0.15, 0.2) is 36.4 Å². The number of aliphatic hydroxyl groups excluding tert-OH is 1. The maximum Gasteiger partial charge on any atom is 0.264 e. The smallest absolute Gasteiger partial charge is 0.264 e. The Kier molecular flexibility index (Phi) is 8.74. The number of halogens is 1. The van der Waals surface area contributed by atoms with E-state index in [1.807, 2.05) is 25.1 Å². The first-order valence-electron chi connectivity index (χ1n) is 14.2. The van der Waals surface area contributed by atoms with Crippen LogP contribution in [0, 0.1) is 17.8 Å². The highest BCUT2D eigenvalue weighted by Gasteiger charge is 2.37. The van der Waals surface area contributed by atoms with Crippen molar-refractivity contribution in [3.8, 4) is 5.75 Å². The number of carbonyl (C=O) groups is 1. The predicted molar refractivity (Wildman–Crippen MR) is 154 cm³/mol. The topological polar surface area (TPSA) is 95.9 Å². The number of fused-ring (bicyclic) bond motifs is 3. The summed E-state index contributed by atoms with van der Waals surface area (Å²) in [6.07, 6.45) is 6.63. The molecule has 2 heterocycles. The number of hydrogen-bond acceptors (Lipinski definition) is 6. The average molecular weight is 575 g/mol. The zero-order chi connectivity index (χ0) is 27.6. The molecular formula is C30H39ClN2O5S. The summed E-state index contributed by atoms with van der Waals surface area (Å²) < 4.78 is 34.2. The molecule has 1 fully saturated rings. The summed E-state index contributed by atoms with van der Waals surface area (Å²) >= 11 is 6.29. The predicted octanol–water partition coefficient (Wildman–Crippen LogP) is 5.33. The van der Waals surface area contributed by atoms with Crippen molar-refractivity contribution in [3.63, 3.8) is 0 Å². The van der Waals surface area contributed by atoms with Crippen LogP contribution in [0.2, 0.25) is 5.02 Å². The van der Waals surface area contributed by atoms with Gasteiger partial charge in [0.25, 0.3) is 5.91 Å². The fourth-order valence-electron chi connectivity index (χ4n) is 6.28. The van der Waals surface area contributed by atoms with Gasteiger partial charge in [0.15, 0.2) is 0 Å². The Hall–Kier alpha value is -2.29. The zero-order valence-electron chi connectivity index (χ0n) is 22.6. The van der Waals surface area contributed by atoms with Gasteiger partial charge in [0.1, 0.15) is 12.4 Å². The Morgan fingerprint density at radius 2 is 1.87 bits per heavy atom. The first-order chi connectivity index (χ1) is 18.7. The van der Waals surface area contributed by atoms with Crippen LogP contribution in [0.3, 0.4) is 0 Å². The zero-order valence-corrected chi connectivity index (χ0v) is 24.1. The second-order valence-electron chi connectivity index (χ2n) is 11.6.